The molecular weight excluding hydrogens is 320 g/mol. The summed E-state index contributed by atoms with van der Waals surface area (Å²) in [4.78, 5) is 0. The molecule has 4 aromatic rings. The van der Waals surface area contributed by atoms with Gasteiger partial charge in [0.05, 0.1) is 0 Å². The van der Waals surface area contributed by atoms with Crippen molar-refractivity contribution >= 4 is 43.1 Å². The smallest absolute Gasteiger partial charge is 0.0412 e. The van der Waals surface area contributed by atoms with Crippen LogP contribution in [0.4, 0.5) is 0 Å². The minimum atomic E-state index is 0.0274. The van der Waals surface area contributed by atoms with E-state index in [0.29, 0.717) is 0 Å². The summed E-state index contributed by atoms with van der Waals surface area (Å²) < 4.78 is 2.73. The fourth-order valence-electron chi connectivity index (χ4n) is 3.94. The van der Waals surface area contributed by atoms with E-state index >= 15 is 0 Å². The third kappa shape index (κ3) is 1.72. The highest BCUT2D eigenvalue weighted by Gasteiger charge is 2.36. The summed E-state index contributed by atoms with van der Waals surface area (Å²) in [6.07, 6.45) is 0. The van der Waals surface area contributed by atoms with E-state index in [4.69, 9.17) is 11.6 Å². The molecule has 0 aliphatic heterocycles. The van der Waals surface area contributed by atoms with Crippen LogP contribution in [0.3, 0.4) is 0 Å². The van der Waals surface area contributed by atoms with E-state index in [1.165, 1.54) is 42.4 Å². The first-order valence-corrected chi connectivity index (χ1v) is 9.01. The lowest BCUT2D eigenvalue weighted by molar-refractivity contribution is 0.661. The van der Waals surface area contributed by atoms with Gasteiger partial charge in [-0.25, -0.2) is 0 Å². The number of thiophene rings is 1. The van der Waals surface area contributed by atoms with Gasteiger partial charge in [0.25, 0.3) is 0 Å². The highest BCUT2D eigenvalue weighted by Crippen LogP contribution is 2.51. The Kier molecular flexibility index (Phi) is 2.58. The van der Waals surface area contributed by atoms with E-state index in [-0.39, 0.29) is 5.41 Å². The van der Waals surface area contributed by atoms with Gasteiger partial charge in [0.15, 0.2) is 0 Å². The minimum Gasteiger partial charge on any atom is -0.135 e. The molecule has 0 amide bonds. The van der Waals surface area contributed by atoms with Gasteiger partial charge >= 0.3 is 0 Å². The molecule has 0 fully saturated rings. The van der Waals surface area contributed by atoms with Crippen molar-refractivity contribution in [3.05, 3.63) is 70.7 Å². The number of hydrogen-bond acceptors (Lipinski definition) is 1. The van der Waals surface area contributed by atoms with Gasteiger partial charge in [0.2, 0.25) is 0 Å². The molecule has 1 aromatic heterocycles. The van der Waals surface area contributed by atoms with Crippen molar-refractivity contribution in [3.8, 4) is 11.1 Å². The van der Waals surface area contributed by atoms with E-state index in [0.717, 1.165) is 5.02 Å². The lowest BCUT2D eigenvalue weighted by Crippen LogP contribution is -2.14. The largest absolute Gasteiger partial charge is 0.135 e. The fourth-order valence-corrected chi connectivity index (χ4v) is 5.24. The van der Waals surface area contributed by atoms with Crippen LogP contribution in [0.5, 0.6) is 0 Å². The summed E-state index contributed by atoms with van der Waals surface area (Å²) in [5, 5.41) is 3.51. The first kappa shape index (κ1) is 13.6. The second kappa shape index (κ2) is 4.37. The van der Waals surface area contributed by atoms with Crippen molar-refractivity contribution < 1.29 is 0 Å². The Balaban J connectivity index is 1.94. The summed E-state index contributed by atoms with van der Waals surface area (Å²) >= 11 is 8.16. The summed E-state index contributed by atoms with van der Waals surface area (Å²) in [5.41, 5.74) is 5.44. The number of halogens is 1. The molecule has 0 unspecified atom stereocenters. The second-order valence-corrected chi connectivity index (χ2v) is 8.33. The van der Waals surface area contributed by atoms with Crippen LogP contribution in [-0.4, -0.2) is 0 Å². The topological polar surface area (TPSA) is 0 Å². The average molecular weight is 335 g/mol. The molecule has 0 saturated heterocycles. The average Bonchev–Trinajstić information content (AvgIpc) is 3.00. The maximum atomic E-state index is 6.28. The van der Waals surface area contributed by atoms with E-state index in [2.05, 4.69) is 62.4 Å². The molecule has 2 heteroatoms. The molecule has 1 aliphatic rings. The Bertz CT molecular complexity index is 1100. The highest BCUT2D eigenvalue weighted by atomic mass is 35.5. The zero-order chi connectivity index (χ0) is 15.8. The monoisotopic (exact) mass is 334 g/mol. The lowest BCUT2D eigenvalue weighted by atomic mass is 9.82. The molecule has 1 heterocycles. The standard InChI is InChI=1S/C21H15ClS/c1-21(2)17-8-7-12(22)9-14(17)15-10-16-13-5-3-4-6-19(13)23-20(16)11-18(15)21/h3-11H,1-2H3. The van der Waals surface area contributed by atoms with E-state index < -0.39 is 0 Å². The van der Waals surface area contributed by atoms with E-state index in [1.807, 2.05) is 17.4 Å². The quantitative estimate of drug-likeness (QED) is 0.324. The van der Waals surface area contributed by atoms with Crippen molar-refractivity contribution in [2.75, 3.05) is 0 Å². The Morgan fingerprint density at radius 3 is 2.43 bits per heavy atom. The summed E-state index contributed by atoms with van der Waals surface area (Å²) in [6.45, 7) is 4.62. The maximum Gasteiger partial charge on any atom is 0.0412 e. The number of benzene rings is 3. The van der Waals surface area contributed by atoms with Gasteiger partial charge in [-0.05, 0) is 52.6 Å². The summed E-state index contributed by atoms with van der Waals surface area (Å²) in [6, 6.07) is 19.7. The van der Waals surface area contributed by atoms with E-state index in [1.54, 1.807) is 0 Å². The molecule has 0 N–H and O–H groups in total. The molecule has 0 spiro atoms. The van der Waals surface area contributed by atoms with Gasteiger partial charge in [-0.15, -0.1) is 11.3 Å². The van der Waals surface area contributed by atoms with Crippen LogP contribution in [0.25, 0.3) is 31.3 Å². The SMILES string of the molecule is CC1(C)c2ccc(Cl)cc2-c2cc3c(cc21)sc1ccccc13. The molecule has 3 aromatic carbocycles. The summed E-state index contributed by atoms with van der Waals surface area (Å²) in [7, 11) is 0. The predicted molar refractivity (Wildman–Crippen MR) is 102 cm³/mol. The molecule has 0 radical (unpaired) electrons. The van der Waals surface area contributed by atoms with Gasteiger partial charge in [-0.2, -0.15) is 0 Å². The fraction of sp³-hybridized carbons (Fsp3) is 0.143. The molecule has 0 nitrogen and oxygen atoms in total. The minimum absolute atomic E-state index is 0.0274. The molecular formula is C21H15ClS. The normalized spacial score (nSPS) is 15.1. The Labute approximate surface area is 144 Å². The molecule has 1 aliphatic carbocycles. The first-order valence-electron chi connectivity index (χ1n) is 7.82. The zero-order valence-corrected chi connectivity index (χ0v) is 14.6. The van der Waals surface area contributed by atoms with Gasteiger partial charge in [0, 0.05) is 30.6 Å². The van der Waals surface area contributed by atoms with Crippen molar-refractivity contribution in [1.29, 1.82) is 0 Å². The van der Waals surface area contributed by atoms with Crippen LogP contribution in [-0.2, 0) is 5.41 Å². The second-order valence-electron chi connectivity index (χ2n) is 6.81. The van der Waals surface area contributed by atoms with E-state index in [9.17, 15) is 0 Å². The Morgan fingerprint density at radius 2 is 1.57 bits per heavy atom. The van der Waals surface area contributed by atoms with Crippen molar-refractivity contribution in [3.63, 3.8) is 0 Å². The Hall–Kier alpha value is -1.83. The van der Waals surface area contributed by atoms with Gasteiger partial charge in [0.1, 0.15) is 0 Å². The van der Waals surface area contributed by atoms with Gasteiger partial charge in [-0.3, -0.25) is 0 Å². The molecule has 0 saturated carbocycles. The third-order valence-electron chi connectivity index (χ3n) is 5.14. The predicted octanol–water partition coefficient (Wildman–Crippen LogP) is 7.01. The van der Waals surface area contributed by atoms with Crippen molar-refractivity contribution in [2.24, 2.45) is 0 Å². The van der Waals surface area contributed by atoms with Crippen molar-refractivity contribution in [1.82, 2.24) is 0 Å². The van der Waals surface area contributed by atoms with Gasteiger partial charge in [-0.1, -0.05) is 49.7 Å². The third-order valence-corrected chi connectivity index (χ3v) is 6.50. The van der Waals surface area contributed by atoms with Crippen LogP contribution in [0.15, 0.2) is 54.6 Å². The van der Waals surface area contributed by atoms with Crippen LogP contribution >= 0.6 is 22.9 Å². The number of hydrogen-bond donors (Lipinski definition) is 0. The van der Waals surface area contributed by atoms with Crippen LogP contribution in [0, 0.1) is 0 Å². The maximum absolute atomic E-state index is 6.28. The van der Waals surface area contributed by atoms with Crippen LogP contribution < -0.4 is 0 Å². The van der Waals surface area contributed by atoms with Crippen LogP contribution in [0.1, 0.15) is 25.0 Å². The molecule has 112 valence electrons. The first-order chi connectivity index (χ1) is 11.1. The van der Waals surface area contributed by atoms with Gasteiger partial charge < -0.3 is 0 Å². The zero-order valence-electron chi connectivity index (χ0n) is 13.0. The molecule has 0 bridgehead atoms. The molecule has 5 rings (SSSR count). The molecule has 0 atom stereocenters. The lowest BCUT2D eigenvalue weighted by Gasteiger charge is -2.21. The summed E-state index contributed by atoms with van der Waals surface area (Å²) in [5.74, 6) is 0. The highest BCUT2D eigenvalue weighted by molar-refractivity contribution is 7.25. The number of rotatable bonds is 0. The Morgan fingerprint density at radius 1 is 0.783 bits per heavy atom. The number of fused-ring (bicyclic) bond motifs is 6. The van der Waals surface area contributed by atoms with Crippen LogP contribution in [0.2, 0.25) is 5.02 Å². The van der Waals surface area contributed by atoms with Crippen molar-refractivity contribution in [2.45, 2.75) is 19.3 Å². The molecule has 23 heavy (non-hydrogen) atoms.